The van der Waals surface area contributed by atoms with E-state index < -0.39 is 17.2 Å². The topological polar surface area (TPSA) is 70.5 Å². The molecule has 2 aliphatic rings. The van der Waals surface area contributed by atoms with Gasteiger partial charge in [0.05, 0.1) is 17.9 Å². The lowest BCUT2D eigenvalue weighted by atomic mass is 10.0. The summed E-state index contributed by atoms with van der Waals surface area (Å²) in [6.07, 6.45) is 3.10. The minimum Gasteiger partial charge on any atom is -0.367 e. The lowest BCUT2D eigenvalue weighted by molar-refractivity contribution is 0.189. The number of aromatic nitrogens is 2. The Morgan fingerprint density at radius 3 is 2.71 bits per heavy atom. The smallest absolute Gasteiger partial charge is 0.317 e. The van der Waals surface area contributed by atoms with Gasteiger partial charge < -0.3 is 15.1 Å². The summed E-state index contributed by atoms with van der Waals surface area (Å²) in [5.74, 6) is -1.65. The van der Waals surface area contributed by atoms with Gasteiger partial charge >= 0.3 is 6.03 Å². The minimum absolute atomic E-state index is 0.0179. The maximum absolute atomic E-state index is 14.0. The lowest BCUT2D eigenvalue weighted by Gasteiger charge is -2.38. The summed E-state index contributed by atoms with van der Waals surface area (Å²) in [6, 6.07) is 2.80. The predicted molar refractivity (Wildman–Crippen MR) is 100 cm³/mol. The number of amides is 2. The molecule has 0 aliphatic carbocycles. The number of urea groups is 1. The first-order valence-corrected chi connectivity index (χ1v) is 9.36. The Labute approximate surface area is 164 Å². The van der Waals surface area contributed by atoms with E-state index in [4.69, 9.17) is 11.6 Å². The first-order valence-electron chi connectivity index (χ1n) is 8.98. The van der Waals surface area contributed by atoms with Gasteiger partial charge in [-0.05, 0) is 25.0 Å². The highest BCUT2D eigenvalue weighted by Crippen LogP contribution is 2.27. The summed E-state index contributed by atoms with van der Waals surface area (Å²) in [4.78, 5) is 28.3. The van der Waals surface area contributed by atoms with Crippen LogP contribution in [-0.2, 0) is 0 Å². The zero-order chi connectivity index (χ0) is 19.8. The van der Waals surface area contributed by atoms with Crippen LogP contribution < -0.4 is 15.8 Å². The van der Waals surface area contributed by atoms with Crippen molar-refractivity contribution in [2.24, 2.45) is 0 Å². The summed E-state index contributed by atoms with van der Waals surface area (Å²) in [5.41, 5.74) is -0.425. The molecule has 2 aromatic rings. The van der Waals surface area contributed by atoms with Gasteiger partial charge in [-0.15, -0.1) is 0 Å². The van der Waals surface area contributed by atoms with E-state index in [1.807, 2.05) is 4.90 Å². The molecular weight excluding hydrogens is 392 g/mol. The van der Waals surface area contributed by atoms with Crippen LogP contribution in [-0.4, -0.2) is 52.9 Å². The molecule has 1 aromatic heterocycles. The molecule has 0 radical (unpaired) electrons. The zero-order valence-corrected chi connectivity index (χ0v) is 15.6. The van der Waals surface area contributed by atoms with Gasteiger partial charge in [0.25, 0.3) is 5.56 Å². The molecule has 2 saturated heterocycles. The minimum atomic E-state index is -0.906. The summed E-state index contributed by atoms with van der Waals surface area (Å²) in [5, 5.41) is 6.73. The number of benzene rings is 1. The highest BCUT2D eigenvalue weighted by molar-refractivity contribution is 6.33. The van der Waals surface area contributed by atoms with Crippen LogP contribution in [0.15, 0.2) is 29.2 Å². The van der Waals surface area contributed by atoms with E-state index in [1.165, 1.54) is 6.20 Å². The largest absolute Gasteiger partial charge is 0.367 e. The Hall–Kier alpha value is -2.68. The number of rotatable bonds is 3. The number of carbonyl (C=O) groups is 1. The fourth-order valence-corrected chi connectivity index (χ4v) is 3.98. The number of hydrogen-bond donors (Lipinski definition) is 1. The van der Waals surface area contributed by atoms with Gasteiger partial charge in [-0.3, -0.25) is 4.79 Å². The van der Waals surface area contributed by atoms with Crippen LogP contribution in [0.3, 0.4) is 0 Å². The SMILES string of the molecule is O=C1NCCN1C1CCCN(c2cnn(-c3ccc(F)cc3F)c(=O)c2Cl)C1. The number of nitrogens with zero attached hydrogens (tertiary/aromatic N) is 4. The second-order valence-electron chi connectivity index (χ2n) is 6.82. The molecule has 1 unspecified atom stereocenters. The summed E-state index contributed by atoms with van der Waals surface area (Å²) in [6.45, 7) is 2.47. The molecule has 0 spiro atoms. The summed E-state index contributed by atoms with van der Waals surface area (Å²) < 4.78 is 28.0. The maximum Gasteiger partial charge on any atom is 0.317 e. The van der Waals surface area contributed by atoms with E-state index in [0.717, 1.165) is 29.7 Å². The van der Waals surface area contributed by atoms with Gasteiger partial charge in [-0.1, -0.05) is 11.6 Å². The predicted octanol–water partition coefficient (Wildman–Crippen LogP) is 2.16. The summed E-state index contributed by atoms with van der Waals surface area (Å²) >= 11 is 6.30. The fraction of sp³-hybridized carbons (Fsp3) is 0.389. The third-order valence-corrected chi connectivity index (χ3v) is 5.46. The molecule has 2 amide bonds. The van der Waals surface area contributed by atoms with Crippen LogP contribution >= 0.6 is 11.6 Å². The van der Waals surface area contributed by atoms with Gasteiger partial charge in [-0.2, -0.15) is 9.78 Å². The number of anilines is 1. The fourth-order valence-electron chi connectivity index (χ4n) is 3.73. The van der Waals surface area contributed by atoms with E-state index >= 15 is 0 Å². The molecule has 0 saturated carbocycles. The van der Waals surface area contributed by atoms with Crippen molar-refractivity contribution in [3.8, 4) is 5.69 Å². The first-order chi connectivity index (χ1) is 13.5. The van der Waals surface area contributed by atoms with E-state index in [9.17, 15) is 18.4 Å². The Bertz CT molecular complexity index is 983. The molecule has 1 atom stereocenters. The molecule has 7 nitrogen and oxygen atoms in total. The second kappa shape index (κ2) is 7.38. The highest BCUT2D eigenvalue weighted by Gasteiger charge is 2.32. The quantitative estimate of drug-likeness (QED) is 0.843. The van der Waals surface area contributed by atoms with Gasteiger partial charge in [-0.25, -0.2) is 13.6 Å². The van der Waals surface area contributed by atoms with E-state index in [1.54, 1.807) is 4.90 Å². The Balaban J connectivity index is 1.63. The third-order valence-electron chi connectivity index (χ3n) is 5.11. The van der Waals surface area contributed by atoms with Crippen LogP contribution in [0.2, 0.25) is 5.02 Å². The molecule has 3 heterocycles. The molecular formula is C18H18ClF2N5O2. The Morgan fingerprint density at radius 1 is 1.18 bits per heavy atom. The molecule has 4 rings (SSSR count). The number of nitrogens with one attached hydrogen (secondary N) is 1. The van der Waals surface area contributed by atoms with Crippen LogP contribution in [0.5, 0.6) is 0 Å². The van der Waals surface area contributed by atoms with Gasteiger partial charge in [0.15, 0.2) is 5.82 Å². The normalized spacial score (nSPS) is 19.8. The van der Waals surface area contributed by atoms with Gasteiger partial charge in [0, 0.05) is 32.2 Å². The van der Waals surface area contributed by atoms with E-state index in [2.05, 4.69) is 10.4 Å². The zero-order valence-electron chi connectivity index (χ0n) is 14.9. The van der Waals surface area contributed by atoms with Crippen molar-refractivity contribution in [3.05, 3.63) is 51.4 Å². The molecule has 1 N–H and O–H groups in total. The lowest BCUT2D eigenvalue weighted by Crippen LogP contribution is -2.49. The average Bonchev–Trinajstić information content (AvgIpc) is 3.11. The van der Waals surface area contributed by atoms with Crippen molar-refractivity contribution in [2.75, 3.05) is 31.1 Å². The Kier molecular flexibility index (Phi) is 4.92. The number of piperidine rings is 1. The van der Waals surface area contributed by atoms with Crippen molar-refractivity contribution < 1.29 is 13.6 Å². The molecule has 28 heavy (non-hydrogen) atoms. The summed E-state index contributed by atoms with van der Waals surface area (Å²) in [7, 11) is 0. The Morgan fingerprint density at radius 2 is 2.00 bits per heavy atom. The van der Waals surface area contributed by atoms with Crippen LogP contribution in [0.25, 0.3) is 5.69 Å². The second-order valence-corrected chi connectivity index (χ2v) is 7.20. The number of halogens is 3. The van der Waals surface area contributed by atoms with Crippen LogP contribution in [0.4, 0.5) is 19.3 Å². The standard InChI is InChI=1S/C18H18ClF2N5O2/c19-16-15(24-6-1-2-12(10-24)25-7-5-22-18(25)28)9-23-26(17(16)27)14-4-3-11(20)8-13(14)21/h3-4,8-9,12H,1-2,5-7,10H2,(H,22,28). The van der Waals surface area contributed by atoms with E-state index in [-0.39, 0.29) is 22.8 Å². The van der Waals surface area contributed by atoms with Crippen LogP contribution in [0, 0.1) is 11.6 Å². The van der Waals surface area contributed by atoms with Crippen molar-refractivity contribution in [3.63, 3.8) is 0 Å². The van der Waals surface area contributed by atoms with E-state index in [0.29, 0.717) is 37.9 Å². The van der Waals surface area contributed by atoms with Crippen molar-refractivity contribution in [2.45, 2.75) is 18.9 Å². The molecule has 2 fully saturated rings. The third kappa shape index (κ3) is 3.30. The molecule has 148 valence electrons. The molecule has 1 aromatic carbocycles. The number of carbonyl (C=O) groups excluding carboxylic acids is 1. The van der Waals surface area contributed by atoms with Gasteiger partial charge in [0.2, 0.25) is 0 Å². The monoisotopic (exact) mass is 409 g/mol. The van der Waals surface area contributed by atoms with Crippen molar-refractivity contribution in [1.29, 1.82) is 0 Å². The molecule has 2 aliphatic heterocycles. The average molecular weight is 410 g/mol. The van der Waals surface area contributed by atoms with Crippen LogP contribution in [0.1, 0.15) is 12.8 Å². The number of hydrogen-bond acceptors (Lipinski definition) is 4. The highest BCUT2D eigenvalue weighted by atomic mass is 35.5. The van der Waals surface area contributed by atoms with Crippen molar-refractivity contribution in [1.82, 2.24) is 20.0 Å². The van der Waals surface area contributed by atoms with Gasteiger partial charge in [0.1, 0.15) is 16.5 Å². The molecule has 0 bridgehead atoms. The first kappa shape index (κ1) is 18.7. The maximum atomic E-state index is 14.0. The van der Waals surface area contributed by atoms with Crippen molar-refractivity contribution >= 4 is 23.3 Å². The molecule has 10 heteroatoms.